The number of benzene rings is 1. The van der Waals surface area contributed by atoms with Crippen molar-refractivity contribution in [2.45, 2.75) is 45.1 Å². The molecule has 4 bridgehead atoms. The highest BCUT2D eigenvalue weighted by Gasteiger charge is 2.51. The van der Waals surface area contributed by atoms with E-state index in [0.29, 0.717) is 17.4 Å². The highest BCUT2D eigenvalue weighted by atomic mass is 19.1. The van der Waals surface area contributed by atoms with Crippen LogP contribution in [0.15, 0.2) is 24.3 Å². The van der Waals surface area contributed by atoms with Crippen LogP contribution in [0.2, 0.25) is 0 Å². The molecule has 0 heterocycles. The zero-order valence-corrected chi connectivity index (χ0v) is 13.9. The van der Waals surface area contributed by atoms with Gasteiger partial charge in [0, 0.05) is 5.56 Å². The molecule has 4 aliphatic rings. The number of esters is 1. The Morgan fingerprint density at radius 2 is 1.54 bits per heavy atom. The number of ether oxygens (including phenoxy) is 1. The van der Waals surface area contributed by atoms with Crippen molar-refractivity contribution in [2.24, 2.45) is 29.6 Å². The van der Waals surface area contributed by atoms with Crippen molar-refractivity contribution in [1.29, 1.82) is 0 Å². The normalized spacial score (nSPS) is 34.8. The number of hydrogen-bond donors (Lipinski definition) is 0. The molecule has 3 nitrogen and oxygen atoms in total. The van der Waals surface area contributed by atoms with Crippen LogP contribution in [0, 0.1) is 35.4 Å². The molecule has 0 N–H and O–H groups in total. The first-order chi connectivity index (χ1) is 11.5. The average Bonchev–Trinajstić information content (AvgIpc) is 2.53. The molecular formula is C20H23FO3. The van der Waals surface area contributed by atoms with Crippen LogP contribution in [0.25, 0.3) is 0 Å². The lowest BCUT2D eigenvalue weighted by molar-refractivity contribution is -0.165. The monoisotopic (exact) mass is 330 g/mol. The van der Waals surface area contributed by atoms with Crippen molar-refractivity contribution in [3.63, 3.8) is 0 Å². The molecule has 0 amide bonds. The van der Waals surface area contributed by atoms with E-state index in [1.807, 2.05) is 0 Å². The standard InChI is InChI=1S/C20H23FO3/c1-11(19(22)14-2-4-17(21)5-3-14)24-20(23)18-15-7-12-6-13(9-15)10-16(18)8-12/h2-5,11-13,15-16,18H,6-10H2,1H3/t11-,12?,13?,15?,16?,18?/m1/s1. The first-order valence-electron chi connectivity index (χ1n) is 9.01. The Balaban J connectivity index is 1.42. The maximum absolute atomic E-state index is 13.0. The van der Waals surface area contributed by atoms with Gasteiger partial charge in [0.2, 0.25) is 5.78 Å². The van der Waals surface area contributed by atoms with Gasteiger partial charge in [0.25, 0.3) is 0 Å². The topological polar surface area (TPSA) is 43.4 Å². The van der Waals surface area contributed by atoms with Gasteiger partial charge in [0.15, 0.2) is 6.10 Å². The van der Waals surface area contributed by atoms with Gasteiger partial charge >= 0.3 is 5.97 Å². The van der Waals surface area contributed by atoms with E-state index in [9.17, 15) is 14.0 Å². The molecule has 0 unspecified atom stereocenters. The summed E-state index contributed by atoms with van der Waals surface area (Å²) in [6.45, 7) is 1.61. The van der Waals surface area contributed by atoms with E-state index in [-0.39, 0.29) is 23.5 Å². The summed E-state index contributed by atoms with van der Waals surface area (Å²) < 4.78 is 18.5. The van der Waals surface area contributed by atoms with E-state index in [1.54, 1.807) is 6.92 Å². The Kier molecular flexibility index (Phi) is 3.93. The SMILES string of the molecule is C[C@@H](OC(=O)C1C2CC3CC(C2)CC1C3)C(=O)c1ccc(F)cc1. The molecule has 0 aliphatic heterocycles. The van der Waals surface area contributed by atoms with Gasteiger partial charge in [0.1, 0.15) is 5.82 Å². The minimum atomic E-state index is -0.819. The second-order valence-corrected chi connectivity index (χ2v) is 7.91. The second-order valence-electron chi connectivity index (χ2n) is 7.91. The molecular weight excluding hydrogens is 307 g/mol. The van der Waals surface area contributed by atoms with Crippen LogP contribution in [0.1, 0.15) is 49.4 Å². The summed E-state index contributed by atoms with van der Waals surface area (Å²) in [6, 6.07) is 5.37. The van der Waals surface area contributed by atoms with E-state index < -0.39 is 6.10 Å². The summed E-state index contributed by atoms with van der Waals surface area (Å²) in [4.78, 5) is 25.1. The van der Waals surface area contributed by atoms with Gasteiger partial charge in [0.05, 0.1) is 5.92 Å². The van der Waals surface area contributed by atoms with Crippen molar-refractivity contribution in [1.82, 2.24) is 0 Å². The van der Waals surface area contributed by atoms with E-state index in [4.69, 9.17) is 4.74 Å². The maximum Gasteiger partial charge on any atom is 0.310 e. The number of rotatable bonds is 4. The van der Waals surface area contributed by atoms with Crippen molar-refractivity contribution < 1.29 is 18.7 Å². The minimum absolute atomic E-state index is 0.0266. The van der Waals surface area contributed by atoms with Gasteiger partial charge in [-0.3, -0.25) is 9.59 Å². The highest BCUT2D eigenvalue weighted by molar-refractivity contribution is 6.00. The number of Topliss-reactive ketones (excluding diaryl/α,β-unsaturated/α-hetero) is 1. The lowest BCUT2D eigenvalue weighted by Crippen LogP contribution is -2.49. The molecule has 24 heavy (non-hydrogen) atoms. The average molecular weight is 330 g/mol. The summed E-state index contributed by atoms with van der Waals surface area (Å²) in [5.74, 6) is 1.61. The molecule has 4 heteroatoms. The Morgan fingerprint density at radius 3 is 2.08 bits per heavy atom. The Hall–Kier alpha value is -1.71. The van der Waals surface area contributed by atoms with Gasteiger partial charge in [-0.05, 0) is 87.0 Å². The van der Waals surface area contributed by atoms with Crippen LogP contribution in [-0.4, -0.2) is 17.9 Å². The third kappa shape index (κ3) is 2.76. The molecule has 4 aliphatic carbocycles. The molecule has 4 saturated carbocycles. The number of hydrogen-bond acceptors (Lipinski definition) is 3. The predicted octanol–water partition coefficient (Wildman–Crippen LogP) is 4.01. The van der Waals surface area contributed by atoms with Crippen LogP contribution in [0.5, 0.6) is 0 Å². The lowest BCUT2D eigenvalue weighted by Gasteiger charge is -2.53. The van der Waals surface area contributed by atoms with E-state index >= 15 is 0 Å². The second kappa shape index (κ2) is 5.98. The zero-order valence-electron chi connectivity index (χ0n) is 13.9. The van der Waals surface area contributed by atoms with E-state index in [0.717, 1.165) is 37.5 Å². The van der Waals surface area contributed by atoms with Crippen LogP contribution in [0.3, 0.4) is 0 Å². The van der Waals surface area contributed by atoms with Crippen molar-refractivity contribution in [3.8, 4) is 0 Å². The fourth-order valence-corrected chi connectivity index (χ4v) is 5.47. The minimum Gasteiger partial charge on any atom is -0.454 e. The van der Waals surface area contributed by atoms with Crippen LogP contribution in [0.4, 0.5) is 4.39 Å². The van der Waals surface area contributed by atoms with Gasteiger partial charge in [-0.25, -0.2) is 4.39 Å². The fourth-order valence-electron chi connectivity index (χ4n) is 5.47. The van der Waals surface area contributed by atoms with Gasteiger partial charge < -0.3 is 4.74 Å². The molecule has 0 aromatic heterocycles. The smallest absolute Gasteiger partial charge is 0.310 e. The summed E-state index contributed by atoms with van der Waals surface area (Å²) in [5, 5.41) is 0. The summed E-state index contributed by atoms with van der Waals surface area (Å²) >= 11 is 0. The molecule has 1 atom stereocenters. The van der Waals surface area contributed by atoms with Crippen LogP contribution in [-0.2, 0) is 9.53 Å². The quantitative estimate of drug-likeness (QED) is 0.619. The van der Waals surface area contributed by atoms with Gasteiger partial charge in [-0.2, -0.15) is 0 Å². The van der Waals surface area contributed by atoms with Crippen molar-refractivity contribution in [3.05, 3.63) is 35.6 Å². The third-order valence-corrected chi connectivity index (χ3v) is 6.29. The molecule has 0 saturated heterocycles. The number of carbonyl (C=O) groups excluding carboxylic acids is 2. The fraction of sp³-hybridized carbons (Fsp3) is 0.600. The summed E-state index contributed by atoms with van der Waals surface area (Å²) in [5.41, 5.74) is 0.377. The Bertz CT molecular complexity index is 623. The first kappa shape index (κ1) is 15.8. The molecule has 0 spiro atoms. The predicted molar refractivity (Wildman–Crippen MR) is 86.8 cm³/mol. The van der Waals surface area contributed by atoms with Crippen molar-refractivity contribution >= 4 is 11.8 Å². The molecule has 1 aromatic carbocycles. The van der Waals surface area contributed by atoms with Gasteiger partial charge in [-0.1, -0.05) is 0 Å². The molecule has 0 radical (unpaired) electrons. The summed E-state index contributed by atoms with van der Waals surface area (Å²) in [6.07, 6.45) is 5.11. The molecule has 128 valence electrons. The lowest BCUT2D eigenvalue weighted by atomic mass is 9.52. The highest BCUT2D eigenvalue weighted by Crippen LogP contribution is 2.56. The number of carbonyl (C=O) groups is 2. The first-order valence-corrected chi connectivity index (χ1v) is 9.01. The Labute approximate surface area is 141 Å². The van der Waals surface area contributed by atoms with E-state index in [1.165, 1.54) is 30.7 Å². The number of halogens is 1. The van der Waals surface area contributed by atoms with E-state index in [2.05, 4.69) is 0 Å². The Morgan fingerprint density at radius 1 is 1.00 bits per heavy atom. The number of ketones is 1. The van der Waals surface area contributed by atoms with Crippen LogP contribution < -0.4 is 0 Å². The largest absolute Gasteiger partial charge is 0.454 e. The van der Waals surface area contributed by atoms with Crippen molar-refractivity contribution in [2.75, 3.05) is 0 Å². The maximum atomic E-state index is 13.0. The summed E-state index contributed by atoms with van der Waals surface area (Å²) in [7, 11) is 0. The molecule has 1 aromatic rings. The molecule has 5 rings (SSSR count). The van der Waals surface area contributed by atoms with Crippen LogP contribution >= 0.6 is 0 Å². The zero-order chi connectivity index (χ0) is 16.8. The third-order valence-electron chi connectivity index (χ3n) is 6.29. The van der Waals surface area contributed by atoms with Gasteiger partial charge in [-0.15, -0.1) is 0 Å². The molecule has 4 fully saturated rings.